The Kier molecular flexibility index (Phi) is 7.96. The SMILES string of the molecule is CCOC(=O)C1=C(C)N=c2s/c(=C\c3ccc(N4CCOCC4)o3)c(=O)n2C1c1cc(OC)c(OC)cc1Br. The zero-order valence-corrected chi connectivity index (χ0v) is 24.4. The number of methoxy groups -OCH3 is 2. The van der Waals surface area contributed by atoms with Gasteiger partial charge in [0.2, 0.25) is 0 Å². The summed E-state index contributed by atoms with van der Waals surface area (Å²) in [6.45, 7) is 6.43. The molecule has 0 N–H and O–H groups in total. The fraction of sp³-hybridized carbons (Fsp3) is 0.370. The highest BCUT2D eigenvalue weighted by atomic mass is 79.9. The third-order valence-electron chi connectivity index (χ3n) is 6.52. The number of carbonyl (C=O) groups excluding carboxylic acids is 1. The molecule has 1 unspecified atom stereocenters. The van der Waals surface area contributed by atoms with Gasteiger partial charge in [-0.25, -0.2) is 9.79 Å². The molecular weight excluding hydrogens is 590 g/mol. The van der Waals surface area contributed by atoms with Gasteiger partial charge in [0.1, 0.15) is 5.76 Å². The number of hydrogen-bond donors (Lipinski definition) is 0. The van der Waals surface area contributed by atoms with E-state index < -0.39 is 12.0 Å². The first kappa shape index (κ1) is 27.2. The lowest BCUT2D eigenvalue weighted by atomic mass is 9.95. The third kappa shape index (κ3) is 5.15. The summed E-state index contributed by atoms with van der Waals surface area (Å²) in [7, 11) is 3.07. The van der Waals surface area contributed by atoms with Crippen LogP contribution in [0, 0.1) is 0 Å². The fourth-order valence-electron chi connectivity index (χ4n) is 4.67. The van der Waals surface area contributed by atoms with Crippen molar-refractivity contribution < 1.29 is 28.2 Å². The minimum absolute atomic E-state index is 0.184. The Morgan fingerprint density at radius 2 is 1.92 bits per heavy atom. The van der Waals surface area contributed by atoms with Gasteiger partial charge in [0.25, 0.3) is 5.56 Å². The molecule has 0 radical (unpaired) electrons. The number of thiazole rings is 1. The number of hydrogen-bond acceptors (Lipinski definition) is 10. The number of rotatable bonds is 7. The van der Waals surface area contributed by atoms with Crippen LogP contribution in [0.15, 0.2) is 54.2 Å². The van der Waals surface area contributed by atoms with Crippen molar-refractivity contribution >= 4 is 45.2 Å². The molecule has 2 aliphatic heterocycles. The molecule has 206 valence electrons. The van der Waals surface area contributed by atoms with Gasteiger partial charge < -0.3 is 28.3 Å². The molecule has 3 aromatic rings. The Hall–Kier alpha value is -3.35. The van der Waals surface area contributed by atoms with E-state index in [0.29, 0.717) is 55.5 Å². The summed E-state index contributed by atoms with van der Waals surface area (Å²) >= 11 is 4.84. The predicted molar refractivity (Wildman–Crippen MR) is 149 cm³/mol. The second-order valence-corrected chi connectivity index (χ2v) is 10.7. The summed E-state index contributed by atoms with van der Waals surface area (Å²) in [6.07, 6.45) is 1.71. The summed E-state index contributed by atoms with van der Waals surface area (Å²) in [6, 6.07) is 6.42. The quantitative estimate of drug-likeness (QED) is 0.373. The van der Waals surface area contributed by atoms with Crippen molar-refractivity contribution in [2.45, 2.75) is 19.9 Å². The maximum absolute atomic E-state index is 13.9. The van der Waals surface area contributed by atoms with Crippen molar-refractivity contribution in [1.29, 1.82) is 0 Å². The molecule has 1 aromatic carbocycles. The van der Waals surface area contributed by atoms with Gasteiger partial charge in [-0.05, 0) is 37.6 Å². The van der Waals surface area contributed by atoms with Crippen LogP contribution in [0.1, 0.15) is 31.2 Å². The Morgan fingerprint density at radius 3 is 2.62 bits per heavy atom. The van der Waals surface area contributed by atoms with Crippen molar-refractivity contribution in [3.05, 3.63) is 71.0 Å². The van der Waals surface area contributed by atoms with Gasteiger partial charge in [-0.1, -0.05) is 27.3 Å². The van der Waals surface area contributed by atoms with Crippen molar-refractivity contribution in [3.8, 4) is 11.5 Å². The van der Waals surface area contributed by atoms with Crippen LogP contribution in [-0.2, 0) is 14.3 Å². The molecule has 0 saturated carbocycles. The average Bonchev–Trinajstić information content (AvgIpc) is 3.52. The number of nitrogens with zero attached hydrogens (tertiary/aromatic N) is 3. The molecule has 0 bridgehead atoms. The number of halogens is 1. The number of fused-ring (bicyclic) bond motifs is 1. The molecule has 0 spiro atoms. The zero-order valence-electron chi connectivity index (χ0n) is 22.0. The molecule has 5 rings (SSSR count). The summed E-state index contributed by atoms with van der Waals surface area (Å²) < 4.78 is 30.4. The van der Waals surface area contributed by atoms with E-state index >= 15 is 0 Å². The van der Waals surface area contributed by atoms with E-state index in [2.05, 4.69) is 25.8 Å². The molecule has 1 fully saturated rings. The topological polar surface area (TPSA) is 105 Å². The molecule has 0 amide bonds. The van der Waals surface area contributed by atoms with E-state index in [1.165, 1.54) is 23.0 Å². The molecule has 2 aromatic heterocycles. The van der Waals surface area contributed by atoms with Crippen LogP contribution in [0.5, 0.6) is 11.5 Å². The Bertz CT molecular complexity index is 1610. The number of morpholine rings is 1. The van der Waals surface area contributed by atoms with Gasteiger partial charge >= 0.3 is 5.97 Å². The molecule has 10 nitrogen and oxygen atoms in total. The number of anilines is 1. The normalized spacial score (nSPS) is 17.6. The van der Waals surface area contributed by atoms with Gasteiger partial charge in [0.05, 0.1) is 55.9 Å². The van der Waals surface area contributed by atoms with Gasteiger partial charge in [0.15, 0.2) is 22.2 Å². The maximum Gasteiger partial charge on any atom is 0.338 e. The van der Waals surface area contributed by atoms with Crippen LogP contribution in [-0.4, -0.2) is 57.7 Å². The fourth-order valence-corrected chi connectivity index (χ4v) is 6.23. The lowest BCUT2D eigenvalue weighted by Crippen LogP contribution is -2.40. The van der Waals surface area contributed by atoms with E-state index in [-0.39, 0.29) is 17.7 Å². The predicted octanol–water partition coefficient (Wildman–Crippen LogP) is 3.01. The van der Waals surface area contributed by atoms with E-state index in [1.54, 1.807) is 39.2 Å². The standard InChI is InChI=1S/C27H28BrN3O7S/c1-5-37-26(33)23-15(2)29-27-31(24(23)17-13-19(34-3)20(35-4)14-18(17)28)25(32)21(39-27)12-16-6-7-22(38-16)30-8-10-36-11-9-30/h6-7,12-14,24H,5,8-11H2,1-4H3/b21-12-. The zero-order chi connectivity index (χ0) is 27.7. The molecular formula is C27H28BrN3O7S. The number of ether oxygens (including phenoxy) is 4. The van der Waals surface area contributed by atoms with E-state index in [1.807, 2.05) is 12.1 Å². The van der Waals surface area contributed by atoms with E-state index in [9.17, 15) is 9.59 Å². The van der Waals surface area contributed by atoms with E-state index in [4.69, 9.17) is 23.4 Å². The first-order valence-corrected chi connectivity index (χ1v) is 14.0. The minimum Gasteiger partial charge on any atom is -0.493 e. The maximum atomic E-state index is 13.9. The third-order valence-corrected chi connectivity index (χ3v) is 8.19. The lowest BCUT2D eigenvalue weighted by molar-refractivity contribution is -0.139. The summed E-state index contributed by atoms with van der Waals surface area (Å²) in [5.74, 6) is 1.70. The number of aromatic nitrogens is 1. The second-order valence-electron chi connectivity index (χ2n) is 8.81. The minimum atomic E-state index is -0.808. The van der Waals surface area contributed by atoms with Crippen LogP contribution in [0.4, 0.5) is 5.88 Å². The van der Waals surface area contributed by atoms with Gasteiger partial charge in [-0.3, -0.25) is 9.36 Å². The Morgan fingerprint density at radius 1 is 1.21 bits per heavy atom. The molecule has 39 heavy (non-hydrogen) atoms. The molecule has 1 saturated heterocycles. The summed E-state index contributed by atoms with van der Waals surface area (Å²) in [4.78, 5) is 34.3. The van der Waals surface area contributed by atoms with Gasteiger partial charge in [0, 0.05) is 29.7 Å². The number of allylic oxidation sites excluding steroid dienone is 1. The smallest absolute Gasteiger partial charge is 0.338 e. The monoisotopic (exact) mass is 617 g/mol. The Labute approximate surface area is 236 Å². The van der Waals surface area contributed by atoms with Crippen molar-refractivity contribution in [1.82, 2.24) is 4.57 Å². The summed E-state index contributed by atoms with van der Waals surface area (Å²) in [5, 5.41) is 0. The highest BCUT2D eigenvalue weighted by Crippen LogP contribution is 2.40. The molecule has 12 heteroatoms. The molecule has 4 heterocycles. The van der Waals surface area contributed by atoms with Crippen LogP contribution in [0.2, 0.25) is 0 Å². The molecule has 1 atom stereocenters. The van der Waals surface area contributed by atoms with Crippen LogP contribution < -0.4 is 29.3 Å². The summed E-state index contributed by atoms with van der Waals surface area (Å²) in [5.41, 5.74) is 1.08. The van der Waals surface area contributed by atoms with Crippen molar-refractivity contribution in [2.75, 3.05) is 52.0 Å². The lowest BCUT2D eigenvalue weighted by Gasteiger charge is -2.26. The van der Waals surface area contributed by atoms with Gasteiger partial charge in [-0.15, -0.1) is 0 Å². The number of furan rings is 1. The van der Waals surface area contributed by atoms with Crippen LogP contribution in [0.3, 0.4) is 0 Å². The van der Waals surface area contributed by atoms with Gasteiger partial charge in [-0.2, -0.15) is 0 Å². The molecule has 2 aliphatic rings. The van der Waals surface area contributed by atoms with Crippen molar-refractivity contribution in [2.24, 2.45) is 4.99 Å². The highest BCUT2D eigenvalue weighted by Gasteiger charge is 2.35. The van der Waals surface area contributed by atoms with Crippen LogP contribution >= 0.6 is 27.3 Å². The molecule has 0 aliphatic carbocycles. The first-order valence-electron chi connectivity index (χ1n) is 12.4. The number of carbonyl (C=O) groups is 1. The van der Waals surface area contributed by atoms with E-state index in [0.717, 1.165) is 19.0 Å². The number of benzene rings is 1. The van der Waals surface area contributed by atoms with Crippen LogP contribution in [0.25, 0.3) is 6.08 Å². The highest BCUT2D eigenvalue weighted by molar-refractivity contribution is 9.10. The second kappa shape index (κ2) is 11.4. The average molecular weight is 619 g/mol. The largest absolute Gasteiger partial charge is 0.493 e. The first-order chi connectivity index (χ1) is 18.9. The van der Waals surface area contributed by atoms with Crippen molar-refractivity contribution in [3.63, 3.8) is 0 Å². The Balaban J connectivity index is 1.66. The number of esters is 1.